The summed E-state index contributed by atoms with van der Waals surface area (Å²) >= 11 is 6.03. The molecule has 0 fully saturated rings. The lowest BCUT2D eigenvalue weighted by Gasteiger charge is -2.36. The average Bonchev–Trinajstić information content (AvgIpc) is 3.13. The third-order valence-electron chi connectivity index (χ3n) is 4.91. The number of halogens is 1. The maximum absolute atomic E-state index is 12.8. The summed E-state index contributed by atoms with van der Waals surface area (Å²) in [5.41, 5.74) is 1.26. The fourth-order valence-electron chi connectivity index (χ4n) is 3.43. The van der Waals surface area contributed by atoms with Crippen molar-refractivity contribution in [3.63, 3.8) is 0 Å². The number of fused-ring (bicyclic) bond motifs is 1. The number of rotatable bonds is 3. The van der Waals surface area contributed by atoms with Gasteiger partial charge in [-0.3, -0.25) is 0 Å². The molecule has 1 aromatic heterocycles. The molecule has 0 aliphatic carbocycles. The minimum absolute atomic E-state index is 0.148. The molecule has 0 radical (unpaired) electrons. The Balaban J connectivity index is 1.65. The predicted molar refractivity (Wildman–Crippen MR) is 103 cm³/mol. The second-order valence-electron chi connectivity index (χ2n) is 6.55. The van der Waals surface area contributed by atoms with E-state index < -0.39 is 22.2 Å². The molecule has 0 amide bonds. The molecule has 1 aliphatic heterocycles. The monoisotopic (exact) mass is 403 g/mol. The lowest BCUT2D eigenvalue weighted by molar-refractivity contribution is 0.0864. The van der Waals surface area contributed by atoms with Crippen molar-refractivity contribution in [1.82, 2.24) is 4.31 Å². The van der Waals surface area contributed by atoms with Crippen LogP contribution in [0, 0.1) is 0 Å². The zero-order valence-corrected chi connectivity index (χ0v) is 16.1. The molecule has 27 heavy (non-hydrogen) atoms. The largest absolute Gasteiger partial charge is 0.461 e. The first kappa shape index (κ1) is 18.3. The topological polar surface area (TPSA) is 70.8 Å². The molecule has 3 aromatic rings. The summed E-state index contributed by atoms with van der Waals surface area (Å²) in [5, 5.41) is 11.4. The van der Waals surface area contributed by atoms with Gasteiger partial charge in [0.25, 0.3) is 0 Å². The minimum atomic E-state index is -3.66. The Labute approximate surface area is 162 Å². The molecule has 0 saturated heterocycles. The number of likely N-dealkylation sites (N-methyl/N-ethyl adjacent to an activating group) is 1. The third kappa shape index (κ3) is 3.19. The highest BCUT2D eigenvalue weighted by Crippen LogP contribution is 2.37. The smallest absolute Gasteiger partial charge is 0.243 e. The fraction of sp³-hybridized carbons (Fsp3) is 0.200. The van der Waals surface area contributed by atoms with E-state index in [0.29, 0.717) is 22.1 Å². The van der Waals surface area contributed by atoms with Crippen molar-refractivity contribution in [1.29, 1.82) is 0 Å². The molecule has 5 nitrogen and oxygen atoms in total. The Morgan fingerprint density at radius 3 is 2.67 bits per heavy atom. The van der Waals surface area contributed by atoms with E-state index in [2.05, 4.69) is 0 Å². The van der Waals surface area contributed by atoms with E-state index in [0.717, 1.165) is 5.56 Å². The number of aliphatic hydroxyl groups is 1. The van der Waals surface area contributed by atoms with Crippen molar-refractivity contribution in [2.24, 2.45) is 0 Å². The first-order valence-corrected chi connectivity index (χ1v) is 10.3. The summed E-state index contributed by atoms with van der Waals surface area (Å²) in [6.45, 7) is 0. The number of hydrogen-bond acceptors (Lipinski definition) is 4. The van der Waals surface area contributed by atoms with Crippen molar-refractivity contribution < 1.29 is 17.9 Å². The molecule has 2 heterocycles. The first-order chi connectivity index (χ1) is 12.9. The van der Waals surface area contributed by atoms with Crippen LogP contribution in [0.2, 0.25) is 5.02 Å². The number of nitrogens with zero attached hydrogens (tertiary/aromatic N) is 1. The van der Waals surface area contributed by atoms with Gasteiger partial charge in [0.15, 0.2) is 0 Å². The number of benzene rings is 2. The molecule has 4 rings (SSSR count). The van der Waals surface area contributed by atoms with Gasteiger partial charge in [-0.1, -0.05) is 41.9 Å². The lowest BCUT2D eigenvalue weighted by atomic mass is 9.98. The fourth-order valence-corrected chi connectivity index (χ4v) is 5.21. The van der Waals surface area contributed by atoms with E-state index in [1.165, 1.54) is 17.4 Å². The summed E-state index contributed by atoms with van der Waals surface area (Å²) in [4.78, 5) is 0.148. The number of furan rings is 1. The normalized spacial score (nSPS) is 21.7. The lowest BCUT2D eigenvalue weighted by Crippen LogP contribution is -2.46. The highest BCUT2D eigenvalue weighted by Gasteiger charge is 2.41. The predicted octanol–water partition coefficient (Wildman–Crippen LogP) is 3.88. The van der Waals surface area contributed by atoms with Crippen LogP contribution in [0.4, 0.5) is 0 Å². The standard InChI is InChI=1S/C20H18ClNO4S/c1-22-17(20(23)16-7-2-3-8-19(16)27(22,24)25)12-15-9-10-18(26-15)13-5-4-6-14(21)11-13/h2-11,17,20,23H,12H2,1H3/t17-,20-/m1/s1. The highest BCUT2D eigenvalue weighted by atomic mass is 35.5. The molecule has 1 aliphatic rings. The molecule has 2 atom stereocenters. The van der Waals surface area contributed by atoms with Crippen molar-refractivity contribution in [3.05, 3.63) is 77.0 Å². The minimum Gasteiger partial charge on any atom is -0.461 e. The van der Waals surface area contributed by atoms with Gasteiger partial charge >= 0.3 is 0 Å². The van der Waals surface area contributed by atoms with Gasteiger partial charge in [0, 0.05) is 29.6 Å². The first-order valence-electron chi connectivity index (χ1n) is 8.47. The second-order valence-corrected chi connectivity index (χ2v) is 8.95. The van der Waals surface area contributed by atoms with Gasteiger partial charge in [0.05, 0.1) is 17.0 Å². The van der Waals surface area contributed by atoms with Crippen molar-refractivity contribution in [2.45, 2.75) is 23.5 Å². The van der Waals surface area contributed by atoms with Crippen LogP contribution in [0.1, 0.15) is 17.4 Å². The van der Waals surface area contributed by atoms with E-state index in [-0.39, 0.29) is 11.3 Å². The number of hydrogen-bond donors (Lipinski definition) is 1. The molecule has 1 N–H and O–H groups in total. The Morgan fingerprint density at radius 2 is 1.89 bits per heavy atom. The summed E-state index contributed by atoms with van der Waals surface area (Å²) < 4.78 is 32.7. The van der Waals surface area contributed by atoms with Crippen LogP contribution in [-0.2, 0) is 16.4 Å². The van der Waals surface area contributed by atoms with Gasteiger partial charge in [0.2, 0.25) is 10.0 Å². The average molecular weight is 404 g/mol. The van der Waals surface area contributed by atoms with Crippen LogP contribution in [0.25, 0.3) is 11.3 Å². The van der Waals surface area contributed by atoms with E-state index in [1.54, 1.807) is 36.4 Å². The van der Waals surface area contributed by atoms with Crippen molar-refractivity contribution in [2.75, 3.05) is 7.05 Å². The summed E-state index contributed by atoms with van der Waals surface area (Å²) in [6.07, 6.45) is -0.680. The Kier molecular flexibility index (Phi) is 4.60. The molecule has 140 valence electrons. The summed E-state index contributed by atoms with van der Waals surface area (Å²) in [5.74, 6) is 1.24. The maximum Gasteiger partial charge on any atom is 0.243 e. The zero-order valence-electron chi connectivity index (χ0n) is 14.5. The number of sulfonamides is 1. The third-order valence-corrected chi connectivity index (χ3v) is 7.10. The van der Waals surface area contributed by atoms with Crippen LogP contribution < -0.4 is 0 Å². The van der Waals surface area contributed by atoms with E-state index in [1.807, 2.05) is 18.2 Å². The summed E-state index contributed by atoms with van der Waals surface area (Å²) in [6, 6.07) is 16.8. The van der Waals surface area contributed by atoms with E-state index in [4.69, 9.17) is 16.0 Å². The molecular formula is C20H18ClNO4S. The second kappa shape index (κ2) is 6.80. The molecule has 0 bridgehead atoms. The van der Waals surface area contributed by atoms with Crippen LogP contribution in [0.5, 0.6) is 0 Å². The maximum atomic E-state index is 12.8. The van der Waals surface area contributed by atoms with Gasteiger partial charge in [-0.25, -0.2) is 8.42 Å². The van der Waals surface area contributed by atoms with Crippen LogP contribution in [0.15, 0.2) is 70.0 Å². The van der Waals surface area contributed by atoms with E-state index in [9.17, 15) is 13.5 Å². The van der Waals surface area contributed by atoms with Gasteiger partial charge in [-0.2, -0.15) is 4.31 Å². The van der Waals surface area contributed by atoms with Crippen molar-refractivity contribution in [3.8, 4) is 11.3 Å². The zero-order chi connectivity index (χ0) is 19.2. The molecule has 0 unspecified atom stereocenters. The van der Waals surface area contributed by atoms with Gasteiger partial charge in [-0.15, -0.1) is 0 Å². The van der Waals surface area contributed by atoms with Gasteiger partial charge in [0.1, 0.15) is 11.5 Å². The SMILES string of the molecule is CN1[C@H](Cc2ccc(-c3cccc(Cl)c3)o2)[C@H](O)c2ccccc2S1(=O)=O. The molecule has 0 saturated carbocycles. The van der Waals surface area contributed by atoms with Crippen LogP contribution >= 0.6 is 11.6 Å². The Morgan fingerprint density at radius 1 is 1.11 bits per heavy atom. The molecule has 2 aromatic carbocycles. The van der Waals surface area contributed by atoms with Gasteiger partial charge in [-0.05, 0) is 30.3 Å². The number of aliphatic hydroxyl groups excluding tert-OH is 1. The quantitative estimate of drug-likeness (QED) is 0.720. The molecular weight excluding hydrogens is 386 g/mol. The molecule has 0 spiro atoms. The van der Waals surface area contributed by atoms with Crippen molar-refractivity contribution >= 4 is 21.6 Å². The summed E-state index contributed by atoms with van der Waals surface area (Å²) in [7, 11) is -2.17. The van der Waals surface area contributed by atoms with Crippen LogP contribution in [0.3, 0.4) is 0 Å². The van der Waals surface area contributed by atoms with Crippen LogP contribution in [-0.4, -0.2) is 30.9 Å². The highest BCUT2D eigenvalue weighted by molar-refractivity contribution is 7.89. The Hall–Kier alpha value is -2.12. The molecule has 7 heteroatoms. The van der Waals surface area contributed by atoms with E-state index >= 15 is 0 Å². The Bertz CT molecular complexity index is 1090. The van der Waals surface area contributed by atoms with Gasteiger partial charge < -0.3 is 9.52 Å².